The number of hydrogen-bond acceptors (Lipinski definition) is 5. The fraction of sp³-hybridized carbons (Fsp3) is 0.227. The summed E-state index contributed by atoms with van der Waals surface area (Å²) in [5.74, 6) is 0.289. The first-order chi connectivity index (χ1) is 14.2. The van der Waals surface area contributed by atoms with E-state index in [1.807, 2.05) is 34.8 Å². The van der Waals surface area contributed by atoms with Crippen LogP contribution < -0.4 is 0 Å². The number of hydrogen-bond donors (Lipinski definition) is 0. The number of rotatable bonds is 4. The molecule has 5 nitrogen and oxygen atoms in total. The molecule has 1 aliphatic rings. The largest absolute Gasteiger partial charge is 0.378 e. The van der Waals surface area contributed by atoms with Gasteiger partial charge in [-0.1, -0.05) is 29.8 Å². The molecule has 1 atom stereocenters. The monoisotopic (exact) mass is 423 g/mol. The number of ketones is 1. The van der Waals surface area contributed by atoms with E-state index >= 15 is 0 Å². The van der Waals surface area contributed by atoms with Crippen LogP contribution in [-0.2, 0) is 17.8 Å². The van der Waals surface area contributed by atoms with Crippen LogP contribution >= 0.6 is 22.9 Å². The number of aromatic nitrogens is 3. The van der Waals surface area contributed by atoms with E-state index < -0.39 is 0 Å². The number of carbonyl (C=O) groups excluding carboxylic acids is 1. The summed E-state index contributed by atoms with van der Waals surface area (Å²) in [5, 5.41) is 7.51. The van der Waals surface area contributed by atoms with E-state index in [4.69, 9.17) is 21.4 Å². The molecule has 4 aromatic rings. The van der Waals surface area contributed by atoms with Gasteiger partial charge in [0, 0.05) is 35.5 Å². The van der Waals surface area contributed by atoms with Crippen LogP contribution in [0.2, 0.25) is 5.02 Å². The second kappa shape index (κ2) is 7.37. The normalized spacial score (nSPS) is 16.3. The van der Waals surface area contributed by atoms with Crippen LogP contribution in [-0.4, -0.2) is 27.5 Å². The zero-order valence-electron chi connectivity index (χ0n) is 15.8. The van der Waals surface area contributed by atoms with Crippen LogP contribution in [0.25, 0.3) is 16.8 Å². The zero-order chi connectivity index (χ0) is 20.0. The summed E-state index contributed by atoms with van der Waals surface area (Å²) in [7, 11) is 1.64. The Bertz CT molecular complexity index is 1220. The Kier molecular flexibility index (Phi) is 4.70. The molecule has 146 valence electrons. The number of carbonyl (C=O) groups is 1. The molecule has 29 heavy (non-hydrogen) atoms. The van der Waals surface area contributed by atoms with Crippen molar-refractivity contribution in [3.8, 4) is 11.1 Å². The van der Waals surface area contributed by atoms with Gasteiger partial charge in [-0.15, -0.1) is 11.3 Å². The third kappa shape index (κ3) is 3.17. The minimum atomic E-state index is 0.118. The Morgan fingerprint density at radius 1 is 1.28 bits per heavy atom. The number of ether oxygens (including phenoxy) is 1. The maximum absolute atomic E-state index is 12.8. The fourth-order valence-electron chi connectivity index (χ4n) is 4.05. The third-order valence-corrected chi connectivity index (χ3v) is 6.60. The molecule has 3 aromatic heterocycles. The molecule has 0 fully saturated rings. The van der Waals surface area contributed by atoms with Crippen LogP contribution in [0.4, 0.5) is 0 Å². The maximum atomic E-state index is 12.8. The van der Waals surface area contributed by atoms with Gasteiger partial charge in [0.05, 0.1) is 29.1 Å². The first kappa shape index (κ1) is 18.5. The Balaban J connectivity index is 1.72. The number of nitrogens with zero attached hydrogens (tertiary/aromatic N) is 3. The lowest BCUT2D eigenvalue weighted by Gasteiger charge is -2.23. The summed E-state index contributed by atoms with van der Waals surface area (Å²) in [6, 6.07) is 11.8. The van der Waals surface area contributed by atoms with Crippen molar-refractivity contribution in [1.29, 1.82) is 0 Å². The molecule has 0 bridgehead atoms. The molecule has 0 N–H and O–H groups in total. The van der Waals surface area contributed by atoms with Crippen molar-refractivity contribution in [3.63, 3.8) is 0 Å². The SMILES string of the molecule is COCc1nn2c3c(cnc2c1-c1cccc(Cl)c1)C(=O)C[C@@H](c1cccs1)C3. The average molecular weight is 424 g/mol. The van der Waals surface area contributed by atoms with Crippen molar-refractivity contribution < 1.29 is 9.53 Å². The molecule has 0 spiro atoms. The van der Waals surface area contributed by atoms with E-state index in [0.29, 0.717) is 23.6 Å². The van der Waals surface area contributed by atoms with Crippen molar-refractivity contribution in [1.82, 2.24) is 14.6 Å². The highest BCUT2D eigenvalue weighted by molar-refractivity contribution is 7.10. The molecular weight excluding hydrogens is 406 g/mol. The smallest absolute Gasteiger partial charge is 0.166 e. The Morgan fingerprint density at radius 2 is 2.17 bits per heavy atom. The number of Topliss-reactive ketones (excluding diaryl/α,β-unsaturated/α-hetero) is 1. The maximum Gasteiger partial charge on any atom is 0.166 e. The summed E-state index contributed by atoms with van der Waals surface area (Å²) < 4.78 is 7.22. The van der Waals surface area contributed by atoms with E-state index in [1.165, 1.54) is 4.88 Å². The minimum absolute atomic E-state index is 0.118. The van der Waals surface area contributed by atoms with Crippen LogP contribution in [0.1, 0.15) is 39.0 Å². The first-order valence-electron chi connectivity index (χ1n) is 9.36. The van der Waals surface area contributed by atoms with Crippen molar-refractivity contribution in [2.45, 2.75) is 25.4 Å². The zero-order valence-corrected chi connectivity index (χ0v) is 17.3. The molecule has 0 amide bonds. The van der Waals surface area contributed by atoms with Gasteiger partial charge in [0.25, 0.3) is 0 Å². The Labute approximate surface area is 176 Å². The topological polar surface area (TPSA) is 56.5 Å². The van der Waals surface area contributed by atoms with Gasteiger partial charge < -0.3 is 4.74 Å². The highest BCUT2D eigenvalue weighted by Gasteiger charge is 2.31. The van der Waals surface area contributed by atoms with Crippen LogP contribution in [0.3, 0.4) is 0 Å². The van der Waals surface area contributed by atoms with E-state index in [9.17, 15) is 4.79 Å². The lowest BCUT2D eigenvalue weighted by molar-refractivity contribution is 0.0962. The molecule has 0 aliphatic heterocycles. The number of methoxy groups -OCH3 is 1. The second-order valence-corrected chi connectivity index (χ2v) is 8.58. The minimum Gasteiger partial charge on any atom is -0.378 e. The molecule has 5 rings (SSSR count). The lowest BCUT2D eigenvalue weighted by atomic mass is 9.85. The van der Waals surface area contributed by atoms with Crippen molar-refractivity contribution in [2.75, 3.05) is 7.11 Å². The number of benzene rings is 1. The average Bonchev–Trinajstić information content (AvgIpc) is 3.36. The fourth-order valence-corrected chi connectivity index (χ4v) is 5.07. The van der Waals surface area contributed by atoms with Crippen molar-refractivity contribution in [3.05, 3.63) is 74.8 Å². The molecule has 7 heteroatoms. The quantitative estimate of drug-likeness (QED) is 0.454. The number of fused-ring (bicyclic) bond motifs is 3. The van der Waals surface area contributed by atoms with Crippen LogP contribution in [0.5, 0.6) is 0 Å². The highest BCUT2D eigenvalue weighted by atomic mass is 35.5. The van der Waals surface area contributed by atoms with Crippen molar-refractivity contribution >= 4 is 34.4 Å². The lowest BCUT2D eigenvalue weighted by Crippen LogP contribution is -2.22. The van der Waals surface area contributed by atoms with E-state index in [2.05, 4.69) is 16.4 Å². The number of halogens is 1. The van der Waals surface area contributed by atoms with Gasteiger partial charge in [-0.3, -0.25) is 4.79 Å². The molecular formula is C22H18ClN3O2S. The van der Waals surface area contributed by atoms with E-state index in [-0.39, 0.29) is 11.7 Å². The van der Waals surface area contributed by atoms with E-state index in [1.54, 1.807) is 24.6 Å². The summed E-state index contributed by atoms with van der Waals surface area (Å²) >= 11 is 7.92. The van der Waals surface area contributed by atoms with E-state index in [0.717, 1.165) is 34.6 Å². The summed E-state index contributed by atoms with van der Waals surface area (Å²) in [6.07, 6.45) is 2.96. The molecule has 1 aliphatic carbocycles. The van der Waals surface area contributed by atoms with Gasteiger partial charge >= 0.3 is 0 Å². The highest BCUT2D eigenvalue weighted by Crippen LogP contribution is 2.37. The molecule has 1 aromatic carbocycles. The van der Waals surface area contributed by atoms with Crippen molar-refractivity contribution in [2.24, 2.45) is 0 Å². The van der Waals surface area contributed by atoms with Gasteiger partial charge in [0.2, 0.25) is 0 Å². The van der Waals surface area contributed by atoms with Gasteiger partial charge in [-0.25, -0.2) is 9.50 Å². The summed E-state index contributed by atoms with van der Waals surface area (Å²) in [6.45, 7) is 0.349. The predicted molar refractivity (Wildman–Crippen MR) is 114 cm³/mol. The second-order valence-electron chi connectivity index (χ2n) is 7.16. The van der Waals surface area contributed by atoms with Gasteiger partial charge in [-0.05, 0) is 35.6 Å². The molecule has 0 saturated heterocycles. The molecule has 0 radical (unpaired) electrons. The third-order valence-electron chi connectivity index (χ3n) is 5.33. The summed E-state index contributed by atoms with van der Waals surface area (Å²) in [4.78, 5) is 18.7. The van der Waals surface area contributed by atoms with Crippen LogP contribution in [0.15, 0.2) is 48.0 Å². The summed E-state index contributed by atoms with van der Waals surface area (Å²) in [5.41, 5.74) is 4.90. The first-order valence-corrected chi connectivity index (χ1v) is 10.6. The predicted octanol–water partition coefficient (Wildman–Crippen LogP) is 5.17. The van der Waals surface area contributed by atoms with Gasteiger partial charge in [-0.2, -0.15) is 5.10 Å². The standard InChI is InChI=1S/C22H18ClN3O2S/c1-28-12-17-21(13-4-2-5-15(23)8-13)22-24-11-16-18(26(22)25-17)9-14(10-19(16)27)20-6-3-7-29-20/h2-8,11,14H,9-10,12H2,1H3/t14-/m0/s1. The molecule has 3 heterocycles. The molecule has 0 saturated carbocycles. The molecule has 0 unspecified atom stereocenters. The van der Waals surface area contributed by atoms with Crippen LogP contribution in [0, 0.1) is 0 Å². The Hall–Kier alpha value is -2.54. The van der Waals surface area contributed by atoms with Gasteiger partial charge in [0.15, 0.2) is 11.4 Å². The van der Waals surface area contributed by atoms with Gasteiger partial charge in [0.1, 0.15) is 0 Å². The number of thiophene rings is 1. The Morgan fingerprint density at radius 3 is 2.93 bits per heavy atom.